The van der Waals surface area contributed by atoms with Gasteiger partial charge in [0, 0.05) is 18.2 Å². The number of nitrogens with two attached hydrogens (primary N) is 1. The smallest absolute Gasteiger partial charge is 0.261 e. The van der Waals surface area contributed by atoms with Crippen molar-refractivity contribution < 1.29 is 18.3 Å². The number of nitrogens with one attached hydrogen (secondary N) is 1. The number of amides is 1. The van der Waals surface area contributed by atoms with Crippen molar-refractivity contribution in [3.8, 4) is 5.75 Å². The maximum absolute atomic E-state index is 13.6. The first-order valence-electron chi connectivity index (χ1n) is 6.55. The standard InChI is InChI=1S/C15H17FN2O3/c1-10(15(19)18-9-13-3-2-6-20-13)21-12-5-4-11(8-17)14(16)7-12/h2-7,10H,8-9,17H2,1H3,(H,18,19). The minimum atomic E-state index is -0.747. The molecule has 112 valence electrons. The predicted octanol–water partition coefficient (Wildman–Crippen LogP) is 1.96. The third-order valence-corrected chi connectivity index (χ3v) is 2.94. The minimum Gasteiger partial charge on any atom is -0.481 e. The number of hydrogen-bond acceptors (Lipinski definition) is 4. The molecule has 0 bridgehead atoms. The van der Waals surface area contributed by atoms with E-state index in [0.717, 1.165) is 0 Å². The van der Waals surface area contributed by atoms with Gasteiger partial charge in [-0.3, -0.25) is 4.79 Å². The lowest BCUT2D eigenvalue weighted by Crippen LogP contribution is -2.35. The summed E-state index contributed by atoms with van der Waals surface area (Å²) in [4.78, 5) is 11.9. The lowest BCUT2D eigenvalue weighted by atomic mass is 10.2. The molecule has 1 aromatic heterocycles. The molecule has 1 heterocycles. The third-order valence-electron chi connectivity index (χ3n) is 2.94. The molecule has 5 nitrogen and oxygen atoms in total. The zero-order valence-corrected chi connectivity index (χ0v) is 11.6. The highest BCUT2D eigenvalue weighted by Gasteiger charge is 2.15. The third kappa shape index (κ3) is 4.06. The maximum Gasteiger partial charge on any atom is 0.261 e. The van der Waals surface area contributed by atoms with Gasteiger partial charge in [0.25, 0.3) is 5.91 Å². The largest absolute Gasteiger partial charge is 0.481 e. The molecule has 6 heteroatoms. The molecule has 21 heavy (non-hydrogen) atoms. The van der Waals surface area contributed by atoms with Gasteiger partial charge in [0.05, 0.1) is 12.8 Å². The van der Waals surface area contributed by atoms with E-state index in [-0.39, 0.29) is 24.7 Å². The van der Waals surface area contributed by atoms with Crippen molar-refractivity contribution in [2.45, 2.75) is 26.1 Å². The Morgan fingerprint density at radius 2 is 2.29 bits per heavy atom. The summed E-state index contributed by atoms with van der Waals surface area (Å²) in [5.41, 5.74) is 5.78. The number of benzene rings is 1. The molecule has 0 saturated carbocycles. The van der Waals surface area contributed by atoms with Crippen molar-refractivity contribution in [2.75, 3.05) is 0 Å². The van der Waals surface area contributed by atoms with Crippen molar-refractivity contribution in [1.82, 2.24) is 5.32 Å². The van der Waals surface area contributed by atoms with Crippen LogP contribution in [0.4, 0.5) is 4.39 Å². The molecule has 3 N–H and O–H groups in total. The van der Waals surface area contributed by atoms with Crippen molar-refractivity contribution in [3.05, 3.63) is 53.7 Å². The zero-order valence-electron chi connectivity index (χ0n) is 11.6. The summed E-state index contributed by atoms with van der Waals surface area (Å²) in [5, 5.41) is 2.67. The molecule has 0 aliphatic rings. The van der Waals surface area contributed by atoms with Gasteiger partial charge in [-0.2, -0.15) is 0 Å². The highest BCUT2D eigenvalue weighted by Crippen LogP contribution is 2.17. The highest BCUT2D eigenvalue weighted by molar-refractivity contribution is 5.80. The Labute approximate surface area is 121 Å². The molecule has 0 spiro atoms. The normalized spacial score (nSPS) is 12.0. The fourth-order valence-corrected chi connectivity index (χ4v) is 1.76. The van der Waals surface area contributed by atoms with Gasteiger partial charge in [-0.05, 0) is 25.1 Å². The van der Waals surface area contributed by atoms with Crippen molar-refractivity contribution >= 4 is 5.91 Å². The molecular formula is C15H17FN2O3. The van der Waals surface area contributed by atoms with Crippen LogP contribution in [0.5, 0.6) is 5.75 Å². The average Bonchev–Trinajstić information content (AvgIpc) is 2.98. The SMILES string of the molecule is CC(Oc1ccc(CN)c(F)c1)C(=O)NCc1ccco1. The van der Waals surface area contributed by atoms with Crippen molar-refractivity contribution in [1.29, 1.82) is 0 Å². The predicted molar refractivity (Wildman–Crippen MR) is 74.9 cm³/mol. The second-order valence-corrected chi connectivity index (χ2v) is 4.51. The summed E-state index contributed by atoms with van der Waals surface area (Å²) in [7, 11) is 0. The number of carbonyl (C=O) groups is 1. The number of furan rings is 1. The van der Waals surface area contributed by atoms with E-state index in [1.165, 1.54) is 18.4 Å². The van der Waals surface area contributed by atoms with Crippen LogP contribution in [0.25, 0.3) is 0 Å². The van der Waals surface area contributed by atoms with Crippen LogP contribution in [0.1, 0.15) is 18.2 Å². The van der Waals surface area contributed by atoms with Gasteiger partial charge >= 0.3 is 0 Å². The van der Waals surface area contributed by atoms with Crippen LogP contribution in [-0.2, 0) is 17.9 Å². The van der Waals surface area contributed by atoms with Gasteiger partial charge in [0.2, 0.25) is 0 Å². The molecule has 1 aromatic carbocycles. The Bertz CT molecular complexity index is 599. The first-order valence-corrected chi connectivity index (χ1v) is 6.55. The maximum atomic E-state index is 13.6. The van der Waals surface area contributed by atoms with E-state index in [1.54, 1.807) is 25.1 Å². The first kappa shape index (κ1) is 15.1. The molecule has 2 aromatic rings. The molecule has 0 aliphatic heterocycles. The number of rotatable bonds is 6. The van der Waals surface area contributed by atoms with Gasteiger partial charge in [-0.1, -0.05) is 6.07 Å². The minimum absolute atomic E-state index is 0.116. The zero-order chi connectivity index (χ0) is 15.2. The van der Waals surface area contributed by atoms with E-state index in [2.05, 4.69) is 5.32 Å². The molecule has 0 fully saturated rings. The Balaban J connectivity index is 1.89. The van der Waals surface area contributed by atoms with Gasteiger partial charge in [0.15, 0.2) is 6.10 Å². The van der Waals surface area contributed by atoms with Crippen LogP contribution < -0.4 is 15.8 Å². The van der Waals surface area contributed by atoms with Crippen LogP contribution in [0.15, 0.2) is 41.0 Å². The van der Waals surface area contributed by atoms with Crippen LogP contribution in [0.2, 0.25) is 0 Å². The fraction of sp³-hybridized carbons (Fsp3) is 0.267. The average molecular weight is 292 g/mol. The van der Waals surface area contributed by atoms with Gasteiger partial charge in [-0.15, -0.1) is 0 Å². The Morgan fingerprint density at radius 1 is 1.48 bits per heavy atom. The van der Waals surface area contributed by atoms with Gasteiger partial charge < -0.3 is 20.2 Å². The molecule has 1 atom stereocenters. The first-order chi connectivity index (χ1) is 10.1. The molecule has 1 unspecified atom stereocenters. The molecule has 0 aliphatic carbocycles. The van der Waals surface area contributed by atoms with E-state index in [9.17, 15) is 9.18 Å². The number of hydrogen-bond donors (Lipinski definition) is 2. The molecule has 0 radical (unpaired) electrons. The van der Waals surface area contributed by atoms with Crippen LogP contribution in [0, 0.1) is 5.82 Å². The van der Waals surface area contributed by atoms with Crippen molar-refractivity contribution in [2.24, 2.45) is 5.73 Å². The second-order valence-electron chi connectivity index (χ2n) is 4.51. The monoisotopic (exact) mass is 292 g/mol. The van der Waals surface area contributed by atoms with Crippen LogP contribution in [-0.4, -0.2) is 12.0 Å². The number of carbonyl (C=O) groups excluding carboxylic acids is 1. The topological polar surface area (TPSA) is 77.5 Å². The van der Waals surface area contributed by atoms with E-state index >= 15 is 0 Å². The van der Waals surface area contributed by atoms with E-state index < -0.39 is 11.9 Å². The second kappa shape index (κ2) is 6.90. The van der Waals surface area contributed by atoms with Gasteiger partial charge in [-0.25, -0.2) is 4.39 Å². The molecule has 0 saturated heterocycles. The van der Waals surface area contributed by atoms with Crippen LogP contribution in [0.3, 0.4) is 0 Å². The summed E-state index contributed by atoms with van der Waals surface area (Å²) in [5.74, 6) is 0.173. The van der Waals surface area contributed by atoms with E-state index in [4.69, 9.17) is 14.9 Å². The van der Waals surface area contributed by atoms with Crippen LogP contribution >= 0.6 is 0 Å². The summed E-state index contributed by atoms with van der Waals surface area (Å²) in [6.45, 7) is 1.98. The molecular weight excluding hydrogens is 275 g/mol. The fourth-order valence-electron chi connectivity index (χ4n) is 1.76. The molecule has 1 amide bonds. The summed E-state index contributed by atoms with van der Waals surface area (Å²) in [6, 6.07) is 7.84. The van der Waals surface area contributed by atoms with E-state index in [0.29, 0.717) is 11.3 Å². The highest BCUT2D eigenvalue weighted by atomic mass is 19.1. The summed E-state index contributed by atoms with van der Waals surface area (Å²) in [6.07, 6.45) is 0.784. The summed E-state index contributed by atoms with van der Waals surface area (Å²) < 4.78 is 24.1. The number of ether oxygens (including phenoxy) is 1. The van der Waals surface area contributed by atoms with Crippen molar-refractivity contribution in [3.63, 3.8) is 0 Å². The van der Waals surface area contributed by atoms with Gasteiger partial charge in [0.1, 0.15) is 17.3 Å². The Kier molecular flexibility index (Phi) is 4.94. The Hall–Kier alpha value is -2.34. The lowest BCUT2D eigenvalue weighted by Gasteiger charge is -2.14. The van der Waals surface area contributed by atoms with E-state index in [1.807, 2.05) is 0 Å². The quantitative estimate of drug-likeness (QED) is 0.853. The number of halogens is 1. The lowest BCUT2D eigenvalue weighted by molar-refractivity contribution is -0.127. The Morgan fingerprint density at radius 3 is 2.90 bits per heavy atom. The summed E-state index contributed by atoms with van der Waals surface area (Å²) >= 11 is 0. The molecule has 2 rings (SSSR count).